The van der Waals surface area contributed by atoms with Crippen molar-refractivity contribution in [3.8, 4) is 0 Å². The Bertz CT molecular complexity index is 690. The summed E-state index contributed by atoms with van der Waals surface area (Å²) < 4.78 is 18.5. The summed E-state index contributed by atoms with van der Waals surface area (Å²) in [5, 5.41) is -0.0484. The van der Waals surface area contributed by atoms with Gasteiger partial charge >= 0.3 is 5.97 Å². The molecular weight excluding hydrogens is 297 g/mol. The summed E-state index contributed by atoms with van der Waals surface area (Å²) in [4.78, 5) is 28.2. The maximum Gasteiger partial charge on any atom is 0.321 e. The smallest absolute Gasteiger partial charge is 0.321 e. The van der Waals surface area contributed by atoms with Gasteiger partial charge in [0.25, 0.3) is 0 Å². The fraction of sp³-hybridized carbons (Fsp3) is 0.133. The Balaban J connectivity index is 2.52. The number of esters is 1. The lowest BCUT2D eigenvalue weighted by atomic mass is 9.91. The molecule has 1 aromatic carbocycles. The number of halogens is 2. The molecule has 2 aromatic rings. The van der Waals surface area contributed by atoms with Crippen molar-refractivity contribution >= 4 is 23.4 Å². The largest absolute Gasteiger partial charge is 0.468 e. The van der Waals surface area contributed by atoms with Crippen LogP contribution in [0, 0.1) is 5.82 Å². The molecular formula is C15H11ClFNO3. The fourth-order valence-corrected chi connectivity index (χ4v) is 2.14. The molecule has 21 heavy (non-hydrogen) atoms. The van der Waals surface area contributed by atoms with Crippen LogP contribution in [-0.4, -0.2) is 23.8 Å². The Hall–Kier alpha value is -2.27. The van der Waals surface area contributed by atoms with E-state index in [-0.39, 0.29) is 16.3 Å². The number of hydrogen-bond acceptors (Lipinski definition) is 4. The highest BCUT2D eigenvalue weighted by Crippen LogP contribution is 2.27. The molecule has 2 rings (SSSR count). The van der Waals surface area contributed by atoms with Gasteiger partial charge in [-0.3, -0.25) is 9.59 Å². The number of carbonyl (C=O) groups is 2. The van der Waals surface area contributed by atoms with E-state index in [2.05, 4.69) is 9.72 Å². The molecule has 0 N–H and O–H groups in total. The van der Waals surface area contributed by atoms with Gasteiger partial charge in [-0.1, -0.05) is 29.8 Å². The number of ketones is 1. The second-order valence-electron chi connectivity index (χ2n) is 4.18. The summed E-state index contributed by atoms with van der Waals surface area (Å²) in [5.74, 6) is -3.60. The van der Waals surface area contributed by atoms with Gasteiger partial charge in [0.1, 0.15) is 16.9 Å². The molecule has 0 aliphatic rings. The predicted molar refractivity (Wildman–Crippen MR) is 74.7 cm³/mol. The van der Waals surface area contributed by atoms with E-state index in [0.717, 1.165) is 7.11 Å². The van der Waals surface area contributed by atoms with E-state index in [4.69, 9.17) is 11.6 Å². The lowest BCUT2D eigenvalue weighted by Crippen LogP contribution is -2.25. The van der Waals surface area contributed by atoms with E-state index in [0.29, 0.717) is 0 Å². The Morgan fingerprint density at radius 3 is 2.57 bits per heavy atom. The molecule has 0 bridgehead atoms. The van der Waals surface area contributed by atoms with Gasteiger partial charge in [-0.2, -0.15) is 0 Å². The molecule has 108 valence electrons. The van der Waals surface area contributed by atoms with Crippen molar-refractivity contribution in [1.82, 2.24) is 4.98 Å². The number of methoxy groups -OCH3 is 1. The first kappa shape index (κ1) is 15.1. The monoisotopic (exact) mass is 307 g/mol. The van der Waals surface area contributed by atoms with Crippen LogP contribution in [0.15, 0.2) is 42.6 Å². The summed E-state index contributed by atoms with van der Waals surface area (Å²) >= 11 is 5.86. The van der Waals surface area contributed by atoms with Gasteiger partial charge in [-0.25, -0.2) is 9.37 Å². The molecule has 0 fully saturated rings. The first-order chi connectivity index (χ1) is 10.1. The van der Waals surface area contributed by atoms with Crippen LogP contribution in [0.4, 0.5) is 4.39 Å². The van der Waals surface area contributed by atoms with Crippen molar-refractivity contribution in [2.45, 2.75) is 5.92 Å². The maximum absolute atomic E-state index is 13.9. The molecule has 0 saturated carbocycles. The second kappa shape index (κ2) is 6.45. The van der Waals surface area contributed by atoms with E-state index in [1.165, 1.54) is 42.6 Å². The molecule has 0 aliphatic carbocycles. The fourth-order valence-electron chi connectivity index (χ4n) is 1.93. The number of ether oxygens (including phenoxy) is 1. The van der Waals surface area contributed by atoms with E-state index in [9.17, 15) is 14.0 Å². The topological polar surface area (TPSA) is 56.3 Å². The SMILES string of the molecule is COC(=O)C(C(=O)c1cccnc1Cl)c1ccccc1F. The lowest BCUT2D eigenvalue weighted by Gasteiger charge is -2.15. The molecule has 4 nitrogen and oxygen atoms in total. The molecule has 0 saturated heterocycles. The molecule has 0 amide bonds. The van der Waals surface area contributed by atoms with Crippen molar-refractivity contribution < 1.29 is 18.7 Å². The first-order valence-corrected chi connectivity index (χ1v) is 6.41. The number of aromatic nitrogens is 1. The van der Waals surface area contributed by atoms with Gasteiger partial charge in [-0.15, -0.1) is 0 Å². The van der Waals surface area contributed by atoms with Gasteiger partial charge in [0.2, 0.25) is 0 Å². The number of Topliss-reactive ketones (excluding diaryl/α,β-unsaturated/α-hetero) is 1. The summed E-state index contributed by atoms with van der Waals surface area (Å²) in [6.07, 6.45) is 1.41. The van der Waals surface area contributed by atoms with Crippen LogP contribution >= 0.6 is 11.6 Å². The Labute approximate surface area is 125 Å². The molecule has 0 aliphatic heterocycles. The van der Waals surface area contributed by atoms with Crippen LogP contribution in [-0.2, 0) is 9.53 Å². The van der Waals surface area contributed by atoms with Crippen LogP contribution in [0.1, 0.15) is 21.8 Å². The van der Waals surface area contributed by atoms with Crippen molar-refractivity contribution in [3.63, 3.8) is 0 Å². The van der Waals surface area contributed by atoms with Gasteiger partial charge in [0.05, 0.1) is 12.7 Å². The number of pyridine rings is 1. The highest BCUT2D eigenvalue weighted by atomic mass is 35.5. The summed E-state index contributed by atoms with van der Waals surface area (Å²) in [6, 6.07) is 8.47. The zero-order valence-corrected chi connectivity index (χ0v) is 11.8. The average molecular weight is 308 g/mol. The predicted octanol–water partition coefficient (Wildman–Crippen LogP) is 3.01. The van der Waals surface area contributed by atoms with E-state index in [1.807, 2.05) is 0 Å². The molecule has 1 atom stereocenters. The van der Waals surface area contributed by atoms with Gasteiger partial charge in [0, 0.05) is 11.8 Å². The molecule has 0 spiro atoms. The normalized spacial score (nSPS) is 11.8. The number of nitrogens with zero attached hydrogens (tertiary/aromatic N) is 1. The third-order valence-corrected chi connectivity index (χ3v) is 3.24. The minimum Gasteiger partial charge on any atom is -0.468 e. The molecule has 1 unspecified atom stereocenters. The standard InChI is InChI=1S/C15H11ClFNO3/c1-21-15(20)12(9-5-2-3-7-11(9)17)13(19)10-6-4-8-18-14(10)16/h2-8,12H,1H3. The van der Waals surface area contributed by atoms with E-state index >= 15 is 0 Å². The maximum atomic E-state index is 13.9. The number of hydrogen-bond donors (Lipinski definition) is 0. The molecule has 1 heterocycles. The third-order valence-electron chi connectivity index (χ3n) is 2.94. The Morgan fingerprint density at radius 2 is 1.95 bits per heavy atom. The van der Waals surface area contributed by atoms with Crippen molar-refractivity contribution in [2.24, 2.45) is 0 Å². The molecule has 0 radical (unpaired) electrons. The second-order valence-corrected chi connectivity index (χ2v) is 4.54. The Kier molecular flexibility index (Phi) is 4.65. The third kappa shape index (κ3) is 3.08. The number of carbonyl (C=O) groups excluding carboxylic acids is 2. The van der Waals surface area contributed by atoms with Crippen LogP contribution in [0.3, 0.4) is 0 Å². The van der Waals surface area contributed by atoms with Gasteiger partial charge in [-0.05, 0) is 18.2 Å². The lowest BCUT2D eigenvalue weighted by molar-refractivity contribution is -0.141. The first-order valence-electron chi connectivity index (χ1n) is 6.03. The number of rotatable bonds is 4. The average Bonchev–Trinajstić information content (AvgIpc) is 2.49. The number of benzene rings is 1. The Morgan fingerprint density at radius 1 is 1.24 bits per heavy atom. The quantitative estimate of drug-likeness (QED) is 0.377. The van der Waals surface area contributed by atoms with Gasteiger partial charge in [0.15, 0.2) is 5.78 Å². The van der Waals surface area contributed by atoms with Crippen molar-refractivity contribution in [2.75, 3.05) is 7.11 Å². The van der Waals surface area contributed by atoms with E-state index < -0.39 is 23.5 Å². The molecule has 1 aromatic heterocycles. The summed E-state index contributed by atoms with van der Waals surface area (Å²) in [7, 11) is 1.13. The minimum absolute atomic E-state index is 0.0396. The highest BCUT2D eigenvalue weighted by Gasteiger charge is 2.33. The zero-order valence-electron chi connectivity index (χ0n) is 11.0. The molecule has 6 heteroatoms. The van der Waals surface area contributed by atoms with Gasteiger partial charge < -0.3 is 4.74 Å². The van der Waals surface area contributed by atoms with Crippen LogP contribution < -0.4 is 0 Å². The highest BCUT2D eigenvalue weighted by molar-refractivity contribution is 6.33. The summed E-state index contributed by atoms with van der Waals surface area (Å²) in [6.45, 7) is 0. The zero-order chi connectivity index (χ0) is 15.4. The van der Waals surface area contributed by atoms with E-state index in [1.54, 1.807) is 0 Å². The minimum atomic E-state index is -1.42. The van der Waals surface area contributed by atoms with Crippen LogP contribution in [0.2, 0.25) is 5.15 Å². The van der Waals surface area contributed by atoms with Crippen molar-refractivity contribution in [3.05, 3.63) is 64.7 Å². The van der Waals surface area contributed by atoms with Crippen LogP contribution in [0.5, 0.6) is 0 Å². The van der Waals surface area contributed by atoms with Crippen LogP contribution in [0.25, 0.3) is 0 Å². The summed E-state index contributed by atoms with van der Waals surface area (Å²) in [5.41, 5.74) is -0.0212. The van der Waals surface area contributed by atoms with Crippen molar-refractivity contribution in [1.29, 1.82) is 0 Å².